The topological polar surface area (TPSA) is 3.24 Å². The summed E-state index contributed by atoms with van der Waals surface area (Å²) in [6.45, 7) is 4.56. The maximum Gasteiger partial charge on any atom is 0.0344 e. The van der Waals surface area contributed by atoms with E-state index >= 15 is 0 Å². The zero-order valence-electron chi connectivity index (χ0n) is 14.4. The van der Waals surface area contributed by atoms with Crippen LogP contribution in [0.2, 0.25) is 0 Å². The fraction of sp³-hybridized carbons (Fsp3) is 0.429. The Morgan fingerprint density at radius 3 is 1.95 bits per heavy atom. The molecule has 1 nitrogen and oxygen atoms in total. The zero-order chi connectivity index (χ0) is 15.9. The van der Waals surface area contributed by atoms with Crippen molar-refractivity contribution in [2.45, 2.75) is 45.1 Å². The van der Waals surface area contributed by atoms with Gasteiger partial charge < -0.3 is 4.90 Å². The van der Waals surface area contributed by atoms with Crippen LogP contribution >= 0.6 is 0 Å². The number of hydrogen-bond acceptors (Lipinski definition) is 1. The van der Waals surface area contributed by atoms with Crippen molar-refractivity contribution in [1.82, 2.24) is 4.90 Å². The summed E-state index contributed by atoms with van der Waals surface area (Å²) in [5, 5.41) is 0. The molecular formula is C21H29N. The minimum Gasteiger partial charge on any atom is -0.302 e. The average molecular weight is 295 g/mol. The lowest BCUT2D eigenvalue weighted by molar-refractivity contribution is 0.280. The van der Waals surface area contributed by atoms with Gasteiger partial charge in [0.25, 0.3) is 0 Å². The van der Waals surface area contributed by atoms with E-state index in [4.69, 9.17) is 0 Å². The molecule has 1 heteroatoms. The predicted molar refractivity (Wildman–Crippen MR) is 96.4 cm³/mol. The Kier molecular flexibility index (Phi) is 6.21. The molecule has 0 saturated carbocycles. The third kappa shape index (κ3) is 3.78. The quantitative estimate of drug-likeness (QED) is 0.639. The molecule has 2 unspecified atom stereocenters. The van der Waals surface area contributed by atoms with Gasteiger partial charge in [0, 0.05) is 12.0 Å². The lowest BCUT2D eigenvalue weighted by Gasteiger charge is -2.29. The highest BCUT2D eigenvalue weighted by atomic mass is 15.1. The highest BCUT2D eigenvalue weighted by Crippen LogP contribution is 2.35. The summed E-state index contributed by atoms with van der Waals surface area (Å²) in [6.07, 6.45) is 3.54. The zero-order valence-corrected chi connectivity index (χ0v) is 14.4. The third-order valence-electron chi connectivity index (χ3n) is 4.53. The van der Waals surface area contributed by atoms with Crippen molar-refractivity contribution in [2.24, 2.45) is 0 Å². The smallest absolute Gasteiger partial charge is 0.0344 e. The molecule has 0 spiro atoms. The molecule has 0 aliphatic rings. The van der Waals surface area contributed by atoms with Crippen LogP contribution in [-0.4, -0.2) is 19.0 Å². The maximum atomic E-state index is 2.36. The van der Waals surface area contributed by atoms with Gasteiger partial charge in [0.1, 0.15) is 0 Å². The second kappa shape index (κ2) is 8.14. The van der Waals surface area contributed by atoms with Crippen LogP contribution in [0, 0.1) is 0 Å². The van der Waals surface area contributed by atoms with Gasteiger partial charge in [-0.3, -0.25) is 0 Å². The minimum atomic E-state index is 0.483. The van der Waals surface area contributed by atoms with Crippen molar-refractivity contribution in [3.8, 4) is 0 Å². The van der Waals surface area contributed by atoms with Crippen molar-refractivity contribution in [3.05, 3.63) is 71.3 Å². The van der Waals surface area contributed by atoms with Gasteiger partial charge in [0.05, 0.1) is 0 Å². The highest BCUT2D eigenvalue weighted by molar-refractivity contribution is 5.39. The van der Waals surface area contributed by atoms with E-state index in [0.29, 0.717) is 12.0 Å². The summed E-state index contributed by atoms with van der Waals surface area (Å²) in [5.41, 5.74) is 4.40. The van der Waals surface area contributed by atoms with Crippen molar-refractivity contribution in [1.29, 1.82) is 0 Å². The van der Waals surface area contributed by atoms with Crippen LogP contribution in [-0.2, 0) is 0 Å². The van der Waals surface area contributed by atoms with Gasteiger partial charge in [-0.2, -0.15) is 0 Å². The Balaban J connectivity index is 2.46. The Morgan fingerprint density at radius 1 is 0.818 bits per heavy atom. The van der Waals surface area contributed by atoms with E-state index in [1.165, 1.54) is 29.5 Å². The monoisotopic (exact) mass is 295 g/mol. The number of nitrogens with zero attached hydrogens (tertiary/aromatic N) is 1. The van der Waals surface area contributed by atoms with Gasteiger partial charge in [-0.1, -0.05) is 74.9 Å². The molecule has 0 fully saturated rings. The summed E-state index contributed by atoms with van der Waals surface area (Å²) in [6, 6.07) is 20.4. The maximum absolute atomic E-state index is 2.36. The first-order valence-electron chi connectivity index (χ1n) is 8.49. The molecule has 2 atom stereocenters. The van der Waals surface area contributed by atoms with E-state index in [0.717, 1.165) is 6.42 Å². The van der Waals surface area contributed by atoms with Crippen LogP contribution < -0.4 is 0 Å². The van der Waals surface area contributed by atoms with E-state index in [-0.39, 0.29) is 0 Å². The lowest BCUT2D eigenvalue weighted by Crippen LogP contribution is -2.22. The first kappa shape index (κ1) is 16.8. The Labute approximate surface area is 136 Å². The molecule has 0 bridgehead atoms. The molecule has 0 aliphatic carbocycles. The van der Waals surface area contributed by atoms with Crippen LogP contribution in [0.15, 0.2) is 54.6 Å². The normalized spacial score (nSPS) is 14.0. The van der Waals surface area contributed by atoms with E-state index in [2.05, 4.69) is 87.4 Å². The molecule has 0 amide bonds. The average Bonchev–Trinajstić information content (AvgIpc) is 2.55. The number of benzene rings is 2. The van der Waals surface area contributed by atoms with Gasteiger partial charge in [-0.25, -0.2) is 0 Å². The van der Waals surface area contributed by atoms with Crippen LogP contribution in [0.1, 0.15) is 61.8 Å². The molecule has 0 N–H and O–H groups in total. The van der Waals surface area contributed by atoms with E-state index in [1.807, 2.05) is 0 Å². The largest absolute Gasteiger partial charge is 0.302 e. The van der Waals surface area contributed by atoms with Crippen molar-refractivity contribution < 1.29 is 0 Å². The van der Waals surface area contributed by atoms with E-state index in [9.17, 15) is 0 Å². The Hall–Kier alpha value is -1.60. The van der Waals surface area contributed by atoms with Crippen LogP contribution in [0.4, 0.5) is 0 Å². The van der Waals surface area contributed by atoms with E-state index < -0.39 is 0 Å². The van der Waals surface area contributed by atoms with Crippen LogP contribution in [0.5, 0.6) is 0 Å². The molecule has 0 aromatic heterocycles. The first-order chi connectivity index (χ1) is 10.7. The highest BCUT2D eigenvalue weighted by Gasteiger charge is 2.21. The van der Waals surface area contributed by atoms with Gasteiger partial charge in [-0.05, 0) is 43.6 Å². The molecule has 2 rings (SSSR count). The van der Waals surface area contributed by atoms with Gasteiger partial charge in [0.15, 0.2) is 0 Å². The fourth-order valence-corrected chi connectivity index (χ4v) is 3.42. The van der Waals surface area contributed by atoms with Crippen LogP contribution in [0.3, 0.4) is 0 Å². The molecule has 2 aromatic carbocycles. The van der Waals surface area contributed by atoms with Crippen molar-refractivity contribution in [2.75, 3.05) is 14.1 Å². The fourth-order valence-electron chi connectivity index (χ4n) is 3.42. The summed E-state index contributed by atoms with van der Waals surface area (Å²) < 4.78 is 0. The number of hydrogen-bond donors (Lipinski definition) is 0. The summed E-state index contributed by atoms with van der Waals surface area (Å²) in [5.74, 6) is 0.483. The molecule has 0 aliphatic heterocycles. The van der Waals surface area contributed by atoms with Gasteiger partial charge in [-0.15, -0.1) is 0 Å². The Bertz CT molecular complexity index is 559. The Morgan fingerprint density at radius 2 is 1.41 bits per heavy atom. The number of rotatable bonds is 7. The summed E-state index contributed by atoms with van der Waals surface area (Å²) in [4.78, 5) is 2.36. The predicted octanol–water partition coefficient (Wildman–Crippen LogP) is 5.63. The van der Waals surface area contributed by atoms with Gasteiger partial charge in [0.2, 0.25) is 0 Å². The summed E-state index contributed by atoms with van der Waals surface area (Å²) in [7, 11) is 4.39. The molecule has 0 heterocycles. The molecule has 0 saturated heterocycles. The third-order valence-corrected chi connectivity index (χ3v) is 4.53. The second-order valence-corrected chi connectivity index (χ2v) is 6.27. The standard InChI is InChI=1S/C21H29N/c1-5-12-21(22(3)4)20-16-11-10-15-19(20)18(6-2)17-13-8-7-9-14-17/h7-11,13-16,18,21H,5-6,12H2,1-4H3. The second-order valence-electron chi connectivity index (χ2n) is 6.27. The molecule has 118 valence electrons. The molecule has 0 radical (unpaired) electrons. The van der Waals surface area contributed by atoms with Crippen molar-refractivity contribution in [3.63, 3.8) is 0 Å². The van der Waals surface area contributed by atoms with E-state index in [1.54, 1.807) is 0 Å². The SMILES string of the molecule is CCCC(c1ccccc1C(CC)c1ccccc1)N(C)C. The van der Waals surface area contributed by atoms with Crippen LogP contribution in [0.25, 0.3) is 0 Å². The van der Waals surface area contributed by atoms with Crippen molar-refractivity contribution >= 4 is 0 Å². The first-order valence-corrected chi connectivity index (χ1v) is 8.49. The molecule has 2 aromatic rings. The van der Waals surface area contributed by atoms with Gasteiger partial charge >= 0.3 is 0 Å². The minimum absolute atomic E-state index is 0.483. The molecular weight excluding hydrogens is 266 g/mol. The summed E-state index contributed by atoms with van der Waals surface area (Å²) >= 11 is 0. The lowest BCUT2D eigenvalue weighted by atomic mass is 9.83. The molecule has 22 heavy (non-hydrogen) atoms.